The van der Waals surface area contributed by atoms with E-state index in [1.807, 2.05) is 60.7 Å². The van der Waals surface area contributed by atoms with Crippen LogP contribution in [0, 0.1) is 0 Å². The molecule has 5 heteroatoms. The van der Waals surface area contributed by atoms with Gasteiger partial charge in [-0.15, -0.1) is 0 Å². The van der Waals surface area contributed by atoms with E-state index >= 15 is 0 Å². The van der Waals surface area contributed by atoms with Gasteiger partial charge in [-0.25, -0.2) is 0 Å². The summed E-state index contributed by atoms with van der Waals surface area (Å²) < 4.78 is 5.36. The molecule has 0 aliphatic heterocycles. The minimum absolute atomic E-state index is 0.203. The number of hydrogen-bond donors (Lipinski definition) is 0. The predicted molar refractivity (Wildman–Crippen MR) is 111 cm³/mol. The van der Waals surface area contributed by atoms with Gasteiger partial charge in [0.2, 0.25) is 0 Å². The van der Waals surface area contributed by atoms with Crippen molar-refractivity contribution < 1.29 is 14.3 Å². The maximum absolute atomic E-state index is 13.1. The van der Waals surface area contributed by atoms with Crippen LogP contribution in [0.2, 0.25) is 0 Å². The highest BCUT2D eigenvalue weighted by molar-refractivity contribution is 6.11. The molecule has 0 saturated heterocycles. The second-order valence-corrected chi connectivity index (χ2v) is 6.31. The number of carbonyl (C=O) groups is 2. The molecule has 2 amide bonds. The van der Waals surface area contributed by atoms with E-state index in [1.54, 1.807) is 37.2 Å². The van der Waals surface area contributed by atoms with E-state index in [2.05, 4.69) is 0 Å². The molecule has 0 radical (unpaired) electrons. The van der Waals surface area contributed by atoms with Crippen LogP contribution < -0.4 is 14.5 Å². The van der Waals surface area contributed by atoms with Gasteiger partial charge in [0, 0.05) is 31.0 Å². The number of ether oxygens (including phenoxy) is 1. The van der Waals surface area contributed by atoms with Crippen molar-refractivity contribution in [3.8, 4) is 5.75 Å². The lowest BCUT2D eigenvalue weighted by Gasteiger charge is -2.21. The summed E-state index contributed by atoms with van der Waals surface area (Å²) in [7, 11) is 4.91. The van der Waals surface area contributed by atoms with Gasteiger partial charge < -0.3 is 14.5 Å². The molecule has 0 spiro atoms. The first-order chi connectivity index (χ1) is 13.5. The highest BCUT2D eigenvalue weighted by atomic mass is 16.5. The number of anilines is 2. The topological polar surface area (TPSA) is 49.9 Å². The fourth-order valence-electron chi connectivity index (χ4n) is 2.92. The molecule has 5 nitrogen and oxygen atoms in total. The summed E-state index contributed by atoms with van der Waals surface area (Å²) in [5.41, 5.74) is 2.28. The molecule has 0 N–H and O–H groups in total. The van der Waals surface area contributed by atoms with Crippen LogP contribution in [0.15, 0.2) is 78.9 Å². The highest BCUT2D eigenvalue weighted by Gasteiger charge is 2.21. The molecule has 0 unspecified atom stereocenters. The van der Waals surface area contributed by atoms with Gasteiger partial charge in [0.1, 0.15) is 5.75 Å². The maximum Gasteiger partial charge on any atom is 0.261 e. The summed E-state index contributed by atoms with van der Waals surface area (Å²) in [6, 6.07) is 23.6. The number of para-hydroxylation sites is 2. The second-order valence-electron chi connectivity index (χ2n) is 6.31. The number of rotatable bonds is 5. The monoisotopic (exact) mass is 374 g/mol. The molecule has 0 aromatic heterocycles. The number of amides is 2. The number of hydrogen-bond acceptors (Lipinski definition) is 3. The zero-order chi connectivity index (χ0) is 20.1. The van der Waals surface area contributed by atoms with E-state index in [0.29, 0.717) is 16.9 Å². The van der Waals surface area contributed by atoms with Crippen molar-refractivity contribution in [1.29, 1.82) is 0 Å². The molecule has 0 fully saturated rings. The molecule has 3 aromatic carbocycles. The van der Waals surface area contributed by atoms with Gasteiger partial charge in [-0.1, -0.05) is 36.4 Å². The summed E-state index contributed by atoms with van der Waals surface area (Å²) in [6.07, 6.45) is 0. The zero-order valence-corrected chi connectivity index (χ0v) is 16.1. The SMILES string of the molecule is COc1ccc(C(=O)N(C)c2ccccc2)cc1C(=O)N(C)c1ccccc1. The number of benzene rings is 3. The molecule has 0 aliphatic carbocycles. The van der Waals surface area contributed by atoms with Crippen LogP contribution >= 0.6 is 0 Å². The standard InChI is InChI=1S/C23H22N2O3/c1-24(18-10-6-4-7-11-18)22(26)17-14-15-21(28-3)20(16-17)23(27)25(2)19-12-8-5-9-13-19/h4-16H,1-3H3. The van der Waals surface area contributed by atoms with Crippen LogP contribution in [0.5, 0.6) is 5.75 Å². The molecular formula is C23H22N2O3. The molecule has 0 heterocycles. The van der Waals surface area contributed by atoms with Crippen LogP contribution in [0.3, 0.4) is 0 Å². The Hall–Kier alpha value is -3.60. The summed E-state index contributed by atoms with van der Waals surface area (Å²) >= 11 is 0. The molecule has 0 aliphatic rings. The van der Waals surface area contributed by atoms with Crippen molar-refractivity contribution in [3.05, 3.63) is 90.0 Å². The van der Waals surface area contributed by atoms with Crippen LogP contribution in [-0.2, 0) is 0 Å². The first-order valence-corrected chi connectivity index (χ1v) is 8.87. The molecule has 142 valence electrons. The number of nitrogens with zero attached hydrogens (tertiary/aromatic N) is 2. The Labute approximate surface area is 164 Å². The van der Waals surface area contributed by atoms with Crippen molar-refractivity contribution in [3.63, 3.8) is 0 Å². The van der Waals surface area contributed by atoms with Crippen molar-refractivity contribution in [2.24, 2.45) is 0 Å². The Morgan fingerprint density at radius 1 is 0.714 bits per heavy atom. The van der Waals surface area contributed by atoms with Crippen molar-refractivity contribution >= 4 is 23.2 Å². The average Bonchev–Trinajstić information content (AvgIpc) is 2.77. The Balaban J connectivity index is 1.94. The fourth-order valence-corrected chi connectivity index (χ4v) is 2.92. The number of methoxy groups -OCH3 is 1. The molecule has 28 heavy (non-hydrogen) atoms. The van der Waals surface area contributed by atoms with Crippen LogP contribution in [0.1, 0.15) is 20.7 Å². The molecule has 0 atom stereocenters. The second kappa shape index (κ2) is 8.39. The summed E-state index contributed by atoms with van der Waals surface area (Å²) in [5, 5.41) is 0. The minimum atomic E-state index is -0.250. The Morgan fingerprint density at radius 2 is 1.21 bits per heavy atom. The lowest BCUT2D eigenvalue weighted by Crippen LogP contribution is -2.29. The Kier molecular flexibility index (Phi) is 5.75. The average molecular weight is 374 g/mol. The van der Waals surface area contributed by atoms with Gasteiger partial charge in [0.15, 0.2) is 0 Å². The summed E-state index contributed by atoms with van der Waals surface area (Å²) in [5.74, 6) is -0.0305. The molecule has 3 aromatic rings. The molecule has 0 saturated carbocycles. The first kappa shape index (κ1) is 19.2. The van der Waals surface area contributed by atoms with E-state index in [4.69, 9.17) is 4.74 Å². The number of carbonyl (C=O) groups excluding carboxylic acids is 2. The Morgan fingerprint density at radius 3 is 1.71 bits per heavy atom. The quantitative estimate of drug-likeness (QED) is 0.671. The van der Waals surface area contributed by atoms with Gasteiger partial charge >= 0.3 is 0 Å². The third kappa shape index (κ3) is 3.88. The van der Waals surface area contributed by atoms with Gasteiger partial charge in [-0.3, -0.25) is 9.59 Å². The van der Waals surface area contributed by atoms with Gasteiger partial charge in [-0.05, 0) is 42.5 Å². The zero-order valence-electron chi connectivity index (χ0n) is 16.1. The largest absolute Gasteiger partial charge is 0.496 e. The maximum atomic E-state index is 13.1. The molecule has 3 rings (SSSR count). The van der Waals surface area contributed by atoms with E-state index in [9.17, 15) is 9.59 Å². The van der Waals surface area contributed by atoms with Crippen molar-refractivity contribution in [1.82, 2.24) is 0 Å². The molecular weight excluding hydrogens is 352 g/mol. The van der Waals surface area contributed by atoms with Gasteiger partial charge in [-0.2, -0.15) is 0 Å². The van der Waals surface area contributed by atoms with Crippen LogP contribution in [0.25, 0.3) is 0 Å². The van der Waals surface area contributed by atoms with E-state index in [0.717, 1.165) is 11.4 Å². The lowest BCUT2D eigenvalue weighted by molar-refractivity contribution is 0.0990. The summed E-state index contributed by atoms with van der Waals surface area (Å²) in [4.78, 5) is 29.1. The van der Waals surface area contributed by atoms with E-state index < -0.39 is 0 Å². The summed E-state index contributed by atoms with van der Waals surface area (Å²) in [6.45, 7) is 0. The highest BCUT2D eigenvalue weighted by Crippen LogP contribution is 2.25. The van der Waals surface area contributed by atoms with Crippen LogP contribution in [0.4, 0.5) is 11.4 Å². The Bertz CT molecular complexity index is 972. The van der Waals surface area contributed by atoms with Gasteiger partial charge in [0.25, 0.3) is 11.8 Å². The normalized spacial score (nSPS) is 10.2. The third-order valence-electron chi connectivity index (χ3n) is 4.57. The molecule has 0 bridgehead atoms. The van der Waals surface area contributed by atoms with Gasteiger partial charge in [0.05, 0.1) is 12.7 Å². The lowest BCUT2D eigenvalue weighted by atomic mass is 10.1. The fraction of sp³-hybridized carbons (Fsp3) is 0.130. The third-order valence-corrected chi connectivity index (χ3v) is 4.57. The van der Waals surface area contributed by atoms with Crippen LogP contribution in [-0.4, -0.2) is 33.0 Å². The minimum Gasteiger partial charge on any atom is -0.496 e. The smallest absolute Gasteiger partial charge is 0.261 e. The van der Waals surface area contributed by atoms with Crippen molar-refractivity contribution in [2.45, 2.75) is 0 Å². The van der Waals surface area contributed by atoms with E-state index in [1.165, 1.54) is 12.0 Å². The first-order valence-electron chi connectivity index (χ1n) is 8.87. The van der Waals surface area contributed by atoms with Crippen molar-refractivity contribution in [2.75, 3.05) is 31.0 Å². The van der Waals surface area contributed by atoms with E-state index in [-0.39, 0.29) is 11.8 Å². The predicted octanol–water partition coefficient (Wildman–Crippen LogP) is 4.25.